The highest BCUT2D eigenvalue weighted by molar-refractivity contribution is 6.01. The molecule has 0 aliphatic heterocycles. The Bertz CT molecular complexity index is 1160. The molecule has 30 heavy (non-hydrogen) atoms. The molecule has 2 amide bonds. The van der Waals surface area contributed by atoms with Crippen LogP contribution in [0.5, 0.6) is 0 Å². The van der Waals surface area contributed by atoms with E-state index in [2.05, 4.69) is 51.9 Å². The number of aromatic nitrogens is 2. The number of nitrogens with one attached hydrogen (secondary N) is 3. The molecular weight excluding hydrogens is 374 g/mol. The van der Waals surface area contributed by atoms with Crippen molar-refractivity contribution in [3.05, 3.63) is 84.7 Å². The second-order valence-electron chi connectivity index (χ2n) is 7.30. The summed E-state index contributed by atoms with van der Waals surface area (Å²) in [6.45, 7) is 4.35. The van der Waals surface area contributed by atoms with Crippen LogP contribution in [0.15, 0.2) is 79.1 Å². The average Bonchev–Trinajstić information content (AvgIpc) is 2.75. The van der Waals surface area contributed by atoms with Crippen molar-refractivity contribution in [1.82, 2.24) is 9.97 Å². The predicted octanol–water partition coefficient (Wildman–Crippen LogP) is 6.14. The molecule has 1 aromatic heterocycles. The number of urea groups is 1. The highest BCUT2D eigenvalue weighted by atomic mass is 16.2. The first-order valence-corrected chi connectivity index (χ1v) is 9.83. The van der Waals surface area contributed by atoms with Gasteiger partial charge in [-0.1, -0.05) is 44.2 Å². The molecule has 0 unspecified atom stereocenters. The maximum absolute atomic E-state index is 12.2. The minimum Gasteiger partial charge on any atom is -0.340 e. The van der Waals surface area contributed by atoms with Gasteiger partial charge in [-0.25, -0.2) is 14.8 Å². The number of nitrogens with zero attached hydrogens (tertiary/aromatic N) is 2. The van der Waals surface area contributed by atoms with E-state index in [0.29, 0.717) is 11.6 Å². The standard InChI is InChI=1S/C24H23N5O/c1-16(2)17-8-10-19(11-9-17)27-23-21-13-12-20(14-22(21)25-15-26-23)29-24(30)28-18-6-4-3-5-7-18/h3-16H,1-2H3,(H,25,26,27)(H2,28,29,30). The van der Waals surface area contributed by atoms with Crippen molar-refractivity contribution in [3.8, 4) is 0 Å². The number of para-hydroxylation sites is 1. The molecule has 0 atom stereocenters. The van der Waals surface area contributed by atoms with Crippen LogP contribution in [0.2, 0.25) is 0 Å². The molecule has 0 bridgehead atoms. The van der Waals surface area contributed by atoms with E-state index in [1.54, 1.807) is 0 Å². The van der Waals surface area contributed by atoms with Gasteiger partial charge in [-0.15, -0.1) is 0 Å². The fraction of sp³-hybridized carbons (Fsp3) is 0.125. The van der Waals surface area contributed by atoms with E-state index in [0.717, 1.165) is 28.1 Å². The third-order valence-electron chi connectivity index (χ3n) is 4.77. The van der Waals surface area contributed by atoms with Crippen LogP contribution in [-0.2, 0) is 0 Å². The third-order valence-corrected chi connectivity index (χ3v) is 4.77. The molecule has 150 valence electrons. The van der Waals surface area contributed by atoms with Crippen LogP contribution in [0, 0.1) is 0 Å². The van der Waals surface area contributed by atoms with Gasteiger partial charge in [0.25, 0.3) is 0 Å². The van der Waals surface area contributed by atoms with E-state index in [1.165, 1.54) is 11.9 Å². The quantitative estimate of drug-likeness (QED) is 0.378. The lowest BCUT2D eigenvalue weighted by molar-refractivity contribution is 0.262. The summed E-state index contributed by atoms with van der Waals surface area (Å²) >= 11 is 0. The molecule has 0 radical (unpaired) electrons. The van der Waals surface area contributed by atoms with E-state index < -0.39 is 0 Å². The van der Waals surface area contributed by atoms with E-state index >= 15 is 0 Å². The Kier molecular flexibility index (Phi) is 5.57. The highest BCUT2D eigenvalue weighted by Gasteiger charge is 2.08. The zero-order chi connectivity index (χ0) is 20.9. The summed E-state index contributed by atoms with van der Waals surface area (Å²) in [6, 6.07) is 22.9. The number of carbonyl (C=O) groups is 1. The monoisotopic (exact) mass is 397 g/mol. The lowest BCUT2D eigenvalue weighted by Crippen LogP contribution is -2.19. The van der Waals surface area contributed by atoms with Crippen LogP contribution in [0.4, 0.5) is 27.7 Å². The number of rotatable bonds is 5. The van der Waals surface area contributed by atoms with Crippen molar-refractivity contribution in [2.24, 2.45) is 0 Å². The Morgan fingerprint density at radius 3 is 2.23 bits per heavy atom. The van der Waals surface area contributed by atoms with Crippen LogP contribution < -0.4 is 16.0 Å². The van der Waals surface area contributed by atoms with Crippen molar-refractivity contribution in [2.45, 2.75) is 19.8 Å². The number of hydrogen-bond acceptors (Lipinski definition) is 4. The Morgan fingerprint density at radius 2 is 1.50 bits per heavy atom. The minimum absolute atomic E-state index is 0.307. The van der Waals surface area contributed by atoms with Crippen LogP contribution >= 0.6 is 0 Å². The van der Waals surface area contributed by atoms with Gasteiger partial charge in [-0.2, -0.15) is 0 Å². The van der Waals surface area contributed by atoms with E-state index in [1.807, 2.05) is 60.7 Å². The second-order valence-corrected chi connectivity index (χ2v) is 7.30. The summed E-state index contributed by atoms with van der Waals surface area (Å²) in [5, 5.41) is 9.87. The molecule has 4 aromatic rings. The SMILES string of the molecule is CC(C)c1ccc(Nc2ncnc3cc(NC(=O)Nc4ccccc4)ccc23)cc1. The lowest BCUT2D eigenvalue weighted by Gasteiger charge is -2.12. The second kappa shape index (κ2) is 8.61. The molecule has 3 N–H and O–H groups in total. The number of fused-ring (bicyclic) bond motifs is 1. The van der Waals surface area contributed by atoms with Crippen molar-refractivity contribution < 1.29 is 4.79 Å². The van der Waals surface area contributed by atoms with Gasteiger partial charge in [-0.05, 0) is 53.9 Å². The zero-order valence-electron chi connectivity index (χ0n) is 16.9. The average molecular weight is 397 g/mol. The first-order chi connectivity index (χ1) is 14.6. The van der Waals surface area contributed by atoms with Crippen molar-refractivity contribution in [2.75, 3.05) is 16.0 Å². The van der Waals surface area contributed by atoms with Gasteiger partial charge >= 0.3 is 6.03 Å². The third kappa shape index (κ3) is 4.55. The number of hydrogen-bond donors (Lipinski definition) is 3. The zero-order valence-corrected chi connectivity index (χ0v) is 16.9. The molecule has 0 aliphatic rings. The topological polar surface area (TPSA) is 78.9 Å². The Balaban J connectivity index is 1.51. The summed E-state index contributed by atoms with van der Waals surface area (Å²) in [6.07, 6.45) is 1.51. The number of carbonyl (C=O) groups excluding carboxylic acids is 1. The van der Waals surface area contributed by atoms with E-state index in [9.17, 15) is 4.79 Å². The summed E-state index contributed by atoms with van der Waals surface area (Å²) < 4.78 is 0. The molecule has 4 rings (SSSR count). The first kappa shape index (κ1) is 19.4. The largest absolute Gasteiger partial charge is 0.340 e. The highest BCUT2D eigenvalue weighted by Crippen LogP contribution is 2.26. The van der Waals surface area contributed by atoms with Gasteiger partial charge < -0.3 is 16.0 Å². The van der Waals surface area contributed by atoms with E-state index in [4.69, 9.17) is 0 Å². The molecule has 0 spiro atoms. The van der Waals surface area contributed by atoms with Crippen LogP contribution in [0.1, 0.15) is 25.3 Å². The van der Waals surface area contributed by atoms with Gasteiger partial charge in [0, 0.05) is 22.4 Å². The summed E-state index contributed by atoms with van der Waals surface area (Å²) in [7, 11) is 0. The molecule has 0 fully saturated rings. The summed E-state index contributed by atoms with van der Waals surface area (Å²) in [5.41, 5.74) is 4.38. The predicted molar refractivity (Wildman–Crippen MR) is 122 cm³/mol. The van der Waals surface area contributed by atoms with Gasteiger partial charge in [0.1, 0.15) is 12.1 Å². The molecule has 0 saturated heterocycles. The lowest BCUT2D eigenvalue weighted by atomic mass is 10.0. The fourth-order valence-electron chi connectivity index (χ4n) is 3.14. The van der Waals surface area contributed by atoms with Gasteiger partial charge in [-0.3, -0.25) is 0 Å². The van der Waals surface area contributed by atoms with Crippen molar-refractivity contribution in [1.29, 1.82) is 0 Å². The van der Waals surface area contributed by atoms with Crippen LogP contribution in [-0.4, -0.2) is 16.0 Å². The Morgan fingerprint density at radius 1 is 0.800 bits per heavy atom. The molecule has 0 aliphatic carbocycles. The Hall–Kier alpha value is -3.93. The molecule has 0 saturated carbocycles. The number of amides is 2. The molecule has 1 heterocycles. The molecule has 6 heteroatoms. The van der Waals surface area contributed by atoms with E-state index in [-0.39, 0.29) is 6.03 Å². The van der Waals surface area contributed by atoms with Gasteiger partial charge in [0.2, 0.25) is 0 Å². The van der Waals surface area contributed by atoms with Crippen molar-refractivity contribution in [3.63, 3.8) is 0 Å². The van der Waals surface area contributed by atoms with Crippen molar-refractivity contribution >= 4 is 39.8 Å². The van der Waals surface area contributed by atoms with Gasteiger partial charge in [0.05, 0.1) is 5.52 Å². The summed E-state index contributed by atoms with van der Waals surface area (Å²) in [4.78, 5) is 21.0. The normalized spacial score (nSPS) is 10.8. The smallest absolute Gasteiger partial charge is 0.323 e. The first-order valence-electron chi connectivity index (χ1n) is 9.83. The maximum Gasteiger partial charge on any atom is 0.323 e. The summed E-state index contributed by atoms with van der Waals surface area (Å²) in [5.74, 6) is 1.21. The molecule has 6 nitrogen and oxygen atoms in total. The maximum atomic E-state index is 12.2. The minimum atomic E-state index is -0.307. The van der Waals surface area contributed by atoms with Gasteiger partial charge in [0.15, 0.2) is 0 Å². The molecular formula is C24H23N5O. The van der Waals surface area contributed by atoms with Crippen LogP contribution in [0.25, 0.3) is 10.9 Å². The molecule has 3 aromatic carbocycles. The fourth-order valence-corrected chi connectivity index (χ4v) is 3.14. The number of anilines is 4. The Labute approximate surface area is 175 Å². The number of benzene rings is 3. The van der Waals surface area contributed by atoms with Crippen LogP contribution in [0.3, 0.4) is 0 Å².